The number of carbonyl (C=O) groups is 2. The van der Waals surface area contributed by atoms with E-state index in [1.54, 1.807) is 0 Å². The fraction of sp³-hybridized carbons (Fsp3) is 0.389. The number of alkyl halides is 4. The van der Waals surface area contributed by atoms with Crippen LogP contribution in [-0.4, -0.2) is 66.8 Å². The molecule has 0 radical (unpaired) electrons. The number of amides is 2. The van der Waals surface area contributed by atoms with Crippen LogP contribution in [0.25, 0.3) is 5.65 Å². The minimum atomic E-state index is -4.77. The second-order valence-electron chi connectivity index (χ2n) is 7.51. The largest absolute Gasteiger partial charge is 0.465 e. The first-order valence-corrected chi connectivity index (χ1v) is 9.66. The molecule has 3 aromatic rings. The van der Waals surface area contributed by atoms with Crippen molar-refractivity contribution < 1.29 is 32.3 Å². The lowest BCUT2D eigenvalue weighted by molar-refractivity contribution is -0.140. The van der Waals surface area contributed by atoms with Gasteiger partial charge in [-0.1, -0.05) is 0 Å². The van der Waals surface area contributed by atoms with Crippen LogP contribution in [0.4, 0.5) is 33.9 Å². The molecular weight excluding hydrogens is 452 g/mol. The number of anilines is 2. The zero-order valence-electron chi connectivity index (χ0n) is 17.0. The van der Waals surface area contributed by atoms with E-state index in [1.165, 1.54) is 28.7 Å². The molecule has 3 aromatic heterocycles. The highest BCUT2D eigenvalue weighted by Gasteiger charge is 2.38. The molecule has 1 fully saturated rings. The molecule has 2 amide bonds. The molecule has 11 nitrogen and oxygen atoms in total. The molecule has 0 aromatic carbocycles. The highest BCUT2D eigenvalue weighted by Crippen LogP contribution is 2.33. The van der Waals surface area contributed by atoms with E-state index in [0.29, 0.717) is 0 Å². The van der Waals surface area contributed by atoms with Crippen LogP contribution < -0.4 is 15.5 Å². The summed E-state index contributed by atoms with van der Waals surface area (Å²) < 4.78 is 55.9. The van der Waals surface area contributed by atoms with E-state index >= 15 is 0 Å². The smallest absolute Gasteiger partial charge is 0.437 e. The van der Waals surface area contributed by atoms with Crippen LogP contribution in [0.3, 0.4) is 0 Å². The number of aryl methyl sites for hydroxylation is 1. The molecule has 0 unspecified atom stereocenters. The van der Waals surface area contributed by atoms with Crippen LogP contribution in [0.1, 0.15) is 22.5 Å². The van der Waals surface area contributed by atoms with Gasteiger partial charge < -0.3 is 20.6 Å². The number of halogens is 4. The van der Waals surface area contributed by atoms with Crippen molar-refractivity contribution in [3.8, 4) is 0 Å². The number of aromatic nitrogens is 5. The van der Waals surface area contributed by atoms with Gasteiger partial charge in [0.1, 0.15) is 17.6 Å². The Morgan fingerprint density at radius 2 is 2.03 bits per heavy atom. The van der Waals surface area contributed by atoms with Crippen LogP contribution in [-0.2, 0) is 13.2 Å². The van der Waals surface area contributed by atoms with Crippen molar-refractivity contribution >= 4 is 29.2 Å². The van der Waals surface area contributed by atoms with Gasteiger partial charge in [-0.05, 0) is 6.07 Å². The van der Waals surface area contributed by atoms with Gasteiger partial charge >= 0.3 is 12.3 Å². The fourth-order valence-corrected chi connectivity index (χ4v) is 3.68. The Bertz CT molecular complexity index is 1210. The zero-order valence-corrected chi connectivity index (χ0v) is 17.0. The maximum Gasteiger partial charge on any atom is 0.437 e. The van der Waals surface area contributed by atoms with Crippen LogP contribution in [0.5, 0.6) is 0 Å². The van der Waals surface area contributed by atoms with Gasteiger partial charge in [-0.3, -0.25) is 9.48 Å². The molecule has 1 aliphatic rings. The Balaban J connectivity index is 1.61. The molecule has 0 spiro atoms. The van der Waals surface area contributed by atoms with Crippen LogP contribution in [0.15, 0.2) is 24.7 Å². The molecule has 4 heterocycles. The summed E-state index contributed by atoms with van der Waals surface area (Å²) in [5.41, 5.74) is -1.85. The number of carboxylic acid groups (broad SMARTS) is 1. The van der Waals surface area contributed by atoms with Gasteiger partial charge in [-0.2, -0.15) is 23.4 Å². The molecule has 2 atom stereocenters. The SMILES string of the molecule is Cn1cc(NC(=O)c2cnn3ccc(N4C[C@H](F)C[C@H](NC(=O)O)C4)nc23)c(C(F)(F)F)n1. The van der Waals surface area contributed by atoms with Gasteiger partial charge in [0, 0.05) is 32.4 Å². The third-order valence-electron chi connectivity index (χ3n) is 5.00. The first-order chi connectivity index (χ1) is 15.5. The zero-order chi connectivity index (χ0) is 23.9. The summed E-state index contributed by atoms with van der Waals surface area (Å²) in [5, 5.41) is 20.7. The lowest BCUT2D eigenvalue weighted by atomic mass is 10.0. The van der Waals surface area contributed by atoms with E-state index in [0.717, 1.165) is 17.1 Å². The first-order valence-electron chi connectivity index (χ1n) is 9.66. The molecule has 0 aliphatic carbocycles. The van der Waals surface area contributed by atoms with Crippen molar-refractivity contribution in [2.24, 2.45) is 7.05 Å². The van der Waals surface area contributed by atoms with Crippen molar-refractivity contribution in [2.45, 2.75) is 24.8 Å². The molecule has 4 rings (SSSR count). The molecule has 1 saturated heterocycles. The highest BCUT2D eigenvalue weighted by atomic mass is 19.4. The Morgan fingerprint density at radius 3 is 2.73 bits per heavy atom. The van der Waals surface area contributed by atoms with Crippen molar-refractivity contribution in [3.05, 3.63) is 35.9 Å². The summed E-state index contributed by atoms with van der Waals surface area (Å²) in [7, 11) is 1.29. The van der Waals surface area contributed by atoms with Crippen molar-refractivity contribution in [3.63, 3.8) is 0 Å². The van der Waals surface area contributed by atoms with E-state index in [2.05, 4.69) is 25.8 Å². The van der Waals surface area contributed by atoms with Gasteiger partial charge in [-0.15, -0.1) is 0 Å². The normalized spacial score (nSPS) is 19.0. The summed E-state index contributed by atoms with van der Waals surface area (Å²) in [6, 6.07) is 0.851. The van der Waals surface area contributed by atoms with E-state index in [-0.39, 0.29) is 36.5 Å². The molecule has 176 valence electrons. The Labute approximate surface area is 183 Å². The Hall–Kier alpha value is -3.91. The molecule has 33 heavy (non-hydrogen) atoms. The summed E-state index contributed by atoms with van der Waals surface area (Å²) in [4.78, 5) is 29.5. The number of rotatable bonds is 4. The fourth-order valence-electron chi connectivity index (χ4n) is 3.68. The van der Waals surface area contributed by atoms with Gasteiger partial charge in [0.25, 0.3) is 5.91 Å². The van der Waals surface area contributed by atoms with Crippen LogP contribution >= 0.6 is 0 Å². The predicted octanol–water partition coefficient (Wildman–Crippen LogP) is 1.92. The molecular formula is C18H18F4N8O3. The van der Waals surface area contributed by atoms with Crippen LogP contribution in [0, 0.1) is 0 Å². The third-order valence-corrected chi connectivity index (χ3v) is 5.00. The standard InChI is InChI=1S/C18H18F4N8O3/c1-28-8-12(14(27-28)18(20,21)22)25-16(31)11-5-23-30-3-2-13(26-15(11)30)29-6-9(19)4-10(7-29)24-17(32)33/h2-3,5,8-10,24H,4,6-7H2,1H3,(H,25,31)(H,32,33)/t9-,10+/m1/s1. The maximum atomic E-state index is 14.2. The number of nitrogens with zero attached hydrogens (tertiary/aromatic N) is 6. The lowest BCUT2D eigenvalue weighted by Crippen LogP contribution is -2.51. The summed E-state index contributed by atoms with van der Waals surface area (Å²) in [6.07, 6.45) is -3.72. The minimum Gasteiger partial charge on any atom is -0.465 e. The molecule has 3 N–H and O–H groups in total. The Morgan fingerprint density at radius 1 is 1.27 bits per heavy atom. The number of hydrogen-bond donors (Lipinski definition) is 3. The average Bonchev–Trinajstić information content (AvgIpc) is 3.29. The van der Waals surface area contributed by atoms with E-state index < -0.39 is 41.8 Å². The quantitative estimate of drug-likeness (QED) is 0.497. The summed E-state index contributed by atoms with van der Waals surface area (Å²) in [6.45, 7) is 0.109. The number of carbonyl (C=O) groups excluding carboxylic acids is 1. The van der Waals surface area contributed by atoms with E-state index in [1.807, 2.05) is 0 Å². The van der Waals surface area contributed by atoms with Gasteiger partial charge in [0.15, 0.2) is 11.3 Å². The van der Waals surface area contributed by atoms with Gasteiger partial charge in [0.05, 0.1) is 24.5 Å². The van der Waals surface area contributed by atoms with E-state index in [9.17, 15) is 27.2 Å². The van der Waals surface area contributed by atoms with Crippen molar-refractivity contribution in [1.82, 2.24) is 29.7 Å². The van der Waals surface area contributed by atoms with Crippen LogP contribution in [0.2, 0.25) is 0 Å². The number of hydrogen-bond acceptors (Lipinski definition) is 6. The van der Waals surface area contributed by atoms with Crippen molar-refractivity contribution in [1.29, 1.82) is 0 Å². The molecule has 1 aliphatic heterocycles. The predicted molar refractivity (Wildman–Crippen MR) is 106 cm³/mol. The number of nitrogens with one attached hydrogen (secondary N) is 2. The number of piperidine rings is 1. The topological polar surface area (TPSA) is 130 Å². The first kappa shape index (κ1) is 22.3. The minimum absolute atomic E-state index is 0.0119. The summed E-state index contributed by atoms with van der Waals surface area (Å²) in [5.74, 6) is -0.630. The second-order valence-corrected chi connectivity index (χ2v) is 7.51. The maximum absolute atomic E-state index is 14.2. The van der Waals surface area contributed by atoms with Crippen molar-refractivity contribution in [2.75, 3.05) is 23.3 Å². The van der Waals surface area contributed by atoms with E-state index in [4.69, 9.17) is 5.11 Å². The van der Waals surface area contributed by atoms with Gasteiger partial charge in [0.2, 0.25) is 0 Å². The van der Waals surface area contributed by atoms with Gasteiger partial charge in [-0.25, -0.2) is 18.7 Å². The average molecular weight is 470 g/mol. The lowest BCUT2D eigenvalue weighted by Gasteiger charge is -2.35. The number of fused-ring (bicyclic) bond motifs is 1. The Kier molecular flexibility index (Phi) is 5.55. The summed E-state index contributed by atoms with van der Waals surface area (Å²) >= 11 is 0. The highest BCUT2D eigenvalue weighted by molar-refractivity contribution is 6.08. The molecule has 0 bridgehead atoms. The second kappa shape index (κ2) is 8.22. The monoisotopic (exact) mass is 470 g/mol. The third kappa shape index (κ3) is 4.65. The molecule has 15 heteroatoms. The molecule has 0 saturated carbocycles.